The first-order chi connectivity index (χ1) is 18.0. The lowest BCUT2D eigenvalue weighted by atomic mass is 10.0. The summed E-state index contributed by atoms with van der Waals surface area (Å²) in [5, 5.41) is 9.83. The summed E-state index contributed by atoms with van der Waals surface area (Å²) in [6, 6.07) is 19.1. The Hall–Kier alpha value is -4.66. The first kappa shape index (κ1) is 24.1. The first-order valence-corrected chi connectivity index (χ1v) is 11.9. The zero-order valence-corrected chi connectivity index (χ0v) is 19.8. The van der Waals surface area contributed by atoms with Gasteiger partial charge in [0, 0.05) is 30.4 Å². The number of ketones is 1. The van der Waals surface area contributed by atoms with Crippen molar-refractivity contribution in [3.05, 3.63) is 102 Å². The molecule has 37 heavy (non-hydrogen) atoms. The van der Waals surface area contributed by atoms with Gasteiger partial charge in [0.15, 0.2) is 5.82 Å². The SMILES string of the molecule is O=C(NC1CC1)C(=O)[C@@H](Cc1ccccc1)NC(=O)c1cccnc1-n1ccc(-c2ccccc2F)n1. The second kappa shape index (κ2) is 10.5. The maximum absolute atomic E-state index is 14.2. The molecule has 1 aliphatic carbocycles. The summed E-state index contributed by atoms with van der Waals surface area (Å²) < 4.78 is 15.6. The molecular weight excluding hydrogens is 473 g/mol. The molecule has 0 unspecified atom stereocenters. The quantitative estimate of drug-likeness (QED) is 0.345. The van der Waals surface area contributed by atoms with Gasteiger partial charge in [0.25, 0.3) is 11.8 Å². The van der Waals surface area contributed by atoms with E-state index in [2.05, 4.69) is 20.7 Å². The molecule has 9 heteroatoms. The standard InChI is InChI=1S/C28H24FN5O3/c29-22-11-5-4-9-20(22)23-14-16-34(33-23)26-21(10-6-15-30-26)27(36)32-24(17-18-7-2-1-3-8-18)25(35)28(37)31-19-12-13-19/h1-11,14-16,19,24H,12-13,17H2,(H,31,37)(H,32,36)/t24-/m1/s1. The average molecular weight is 498 g/mol. The highest BCUT2D eigenvalue weighted by Crippen LogP contribution is 2.22. The van der Waals surface area contributed by atoms with Crippen molar-refractivity contribution in [1.82, 2.24) is 25.4 Å². The summed E-state index contributed by atoms with van der Waals surface area (Å²) in [6.45, 7) is 0. The van der Waals surface area contributed by atoms with Crippen molar-refractivity contribution in [1.29, 1.82) is 0 Å². The maximum atomic E-state index is 14.2. The van der Waals surface area contributed by atoms with E-state index in [1.165, 1.54) is 16.9 Å². The molecule has 2 heterocycles. The van der Waals surface area contributed by atoms with Crippen LogP contribution in [0.3, 0.4) is 0 Å². The second-order valence-corrected chi connectivity index (χ2v) is 8.83. The molecule has 2 aromatic heterocycles. The molecule has 4 aromatic rings. The number of carbonyl (C=O) groups is 3. The Morgan fingerprint density at radius 1 is 0.973 bits per heavy atom. The number of carbonyl (C=O) groups excluding carboxylic acids is 3. The predicted molar refractivity (Wildman–Crippen MR) is 134 cm³/mol. The minimum atomic E-state index is -1.08. The molecule has 2 aromatic carbocycles. The van der Waals surface area contributed by atoms with E-state index in [1.807, 2.05) is 30.3 Å². The summed E-state index contributed by atoms with van der Waals surface area (Å²) in [4.78, 5) is 43.3. The van der Waals surface area contributed by atoms with Gasteiger partial charge < -0.3 is 10.6 Å². The number of hydrogen-bond donors (Lipinski definition) is 2. The molecule has 0 bridgehead atoms. The smallest absolute Gasteiger partial charge is 0.289 e. The maximum Gasteiger partial charge on any atom is 0.289 e. The molecule has 0 radical (unpaired) electrons. The third-order valence-electron chi connectivity index (χ3n) is 6.03. The van der Waals surface area contributed by atoms with Crippen LogP contribution in [0.25, 0.3) is 17.1 Å². The van der Waals surface area contributed by atoms with Crippen LogP contribution >= 0.6 is 0 Å². The predicted octanol–water partition coefficient (Wildman–Crippen LogP) is 3.26. The van der Waals surface area contributed by atoms with Crippen LogP contribution in [0.2, 0.25) is 0 Å². The first-order valence-electron chi connectivity index (χ1n) is 11.9. The van der Waals surface area contributed by atoms with Gasteiger partial charge in [0.05, 0.1) is 11.3 Å². The third kappa shape index (κ3) is 5.61. The number of aromatic nitrogens is 3. The van der Waals surface area contributed by atoms with Crippen LogP contribution in [0.1, 0.15) is 28.8 Å². The lowest BCUT2D eigenvalue weighted by Crippen LogP contribution is -2.49. The third-order valence-corrected chi connectivity index (χ3v) is 6.03. The van der Waals surface area contributed by atoms with E-state index >= 15 is 0 Å². The van der Waals surface area contributed by atoms with Gasteiger partial charge in [-0.1, -0.05) is 42.5 Å². The number of amides is 2. The molecule has 1 aliphatic rings. The van der Waals surface area contributed by atoms with Crippen LogP contribution in [-0.4, -0.2) is 44.4 Å². The molecular formula is C28H24FN5O3. The number of hydrogen-bond acceptors (Lipinski definition) is 5. The molecule has 0 spiro atoms. The molecule has 2 amide bonds. The molecule has 0 aliphatic heterocycles. The van der Waals surface area contributed by atoms with Crippen LogP contribution in [-0.2, 0) is 16.0 Å². The van der Waals surface area contributed by atoms with Gasteiger partial charge >= 0.3 is 0 Å². The minimum absolute atomic E-state index is 0.0120. The van der Waals surface area contributed by atoms with Crippen LogP contribution in [0, 0.1) is 5.82 Å². The van der Waals surface area contributed by atoms with E-state index in [0.717, 1.165) is 18.4 Å². The number of Topliss-reactive ketones (excluding diaryl/α,β-unsaturated/α-hetero) is 1. The van der Waals surface area contributed by atoms with E-state index in [1.54, 1.807) is 42.6 Å². The highest BCUT2D eigenvalue weighted by atomic mass is 19.1. The van der Waals surface area contributed by atoms with Crippen molar-refractivity contribution in [2.45, 2.75) is 31.3 Å². The molecule has 2 N–H and O–H groups in total. The molecule has 0 saturated heterocycles. The summed E-state index contributed by atoms with van der Waals surface area (Å²) in [7, 11) is 0. The van der Waals surface area contributed by atoms with Gasteiger partial charge in [0.2, 0.25) is 5.78 Å². The van der Waals surface area contributed by atoms with Gasteiger partial charge in [0.1, 0.15) is 11.9 Å². The Labute approximate surface area is 212 Å². The topological polar surface area (TPSA) is 106 Å². The fourth-order valence-corrected chi connectivity index (χ4v) is 3.95. The van der Waals surface area contributed by atoms with Crippen molar-refractivity contribution >= 4 is 17.6 Å². The van der Waals surface area contributed by atoms with Crippen molar-refractivity contribution in [3.63, 3.8) is 0 Å². The van der Waals surface area contributed by atoms with E-state index in [0.29, 0.717) is 11.3 Å². The summed E-state index contributed by atoms with van der Waals surface area (Å²) in [5.74, 6) is -2.22. The summed E-state index contributed by atoms with van der Waals surface area (Å²) in [6.07, 6.45) is 4.92. The molecule has 186 valence electrons. The fourth-order valence-electron chi connectivity index (χ4n) is 3.95. The highest BCUT2D eigenvalue weighted by molar-refractivity contribution is 6.38. The van der Waals surface area contributed by atoms with E-state index in [-0.39, 0.29) is 23.8 Å². The highest BCUT2D eigenvalue weighted by Gasteiger charge is 2.32. The monoisotopic (exact) mass is 497 g/mol. The number of rotatable bonds is 9. The minimum Gasteiger partial charge on any atom is -0.347 e. The Morgan fingerprint density at radius 2 is 1.73 bits per heavy atom. The molecule has 5 rings (SSSR count). The van der Waals surface area contributed by atoms with Crippen LogP contribution in [0.15, 0.2) is 85.2 Å². The van der Waals surface area contributed by atoms with Gasteiger partial charge in [-0.2, -0.15) is 5.10 Å². The number of pyridine rings is 1. The second-order valence-electron chi connectivity index (χ2n) is 8.83. The average Bonchev–Trinajstić information content (AvgIpc) is 3.60. The number of nitrogens with one attached hydrogen (secondary N) is 2. The van der Waals surface area contributed by atoms with Crippen LogP contribution in [0.5, 0.6) is 0 Å². The lowest BCUT2D eigenvalue weighted by molar-refractivity contribution is -0.139. The molecule has 8 nitrogen and oxygen atoms in total. The molecule has 1 fully saturated rings. The molecule has 1 atom stereocenters. The Kier molecular flexibility index (Phi) is 6.85. The van der Waals surface area contributed by atoms with E-state index in [4.69, 9.17) is 0 Å². The largest absolute Gasteiger partial charge is 0.347 e. The zero-order chi connectivity index (χ0) is 25.8. The molecule has 1 saturated carbocycles. The number of nitrogens with zero attached hydrogens (tertiary/aromatic N) is 3. The number of benzene rings is 2. The van der Waals surface area contributed by atoms with E-state index in [9.17, 15) is 18.8 Å². The van der Waals surface area contributed by atoms with Crippen LogP contribution in [0.4, 0.5) is 4.39 Å². The van der Waals surface area contributed by atoms with Gasteiger partial charge in [-0.3, -0.25) is 14.4 Å². The Bertz CT molecular complexity index is 1450. The van der Waals surface area contributed by atoms with Gasteiger partial charge in [-0.05, 0) is 48.7 Å². The van der Waals surface area contributed by atoms with E-state index < -0.39 is 29.5 Å². The summed E-state index contributed by atoms with van der Waals surface area (Å²) >= 11 is 0. The lowest BCUT2D eigenvalue weighted by Gasteiger charge is -2.18. The van der Waals surface area contributed by atoms with Crippen LogP contribution < -0.4 is 10.6 Å². The van der Waals surface area contributed by atoms with Crippen molar-refractivity contribution < 1.29 is 18.8 Å². The normalized spacial score (nSPS) is 13.5. The number of halogens is 1. The Morgan fingerprint density at radius 3 is 2.49 bits per heavy atom. The van der Waals surface area contributed by atoms with Gasteiger partial charge in [-0.15, -0.1) is 0 Å². The summed E-state index contributed by atoms with van der Waals surface area (Å²) in [5.41, 5.74) is 1.65. The van der Waals surface area contributed by atoms with Crippen molar-refractivity contribution in [2.75, 3.05) is 0 Å². The zero-order valence-electron chi connectivity index (χ0n) is 19.8. The van der Waals surface area contributed by atoms with Gasteiger partial charge in [-0.25, -0.2) is 14.1 Å². The Balaban J connectivity index is 1.41. The van der Waals surface area contributed by atoms with Crippen molar-refractivity contribution in [2.24, 2.45) is 0 Å². The van der Waals surface area contributed by atoms with Crippen molar-refractivity contribution in [3.8, 4) is 17.1 Å². The fraction of sp³-hybridized carbons (Fsp3) is 0.179.